The van der Waals surface area contributed by atoms with Crippen molar-refractivity contribution in [3.63, 3.8) is 0 Å². The maximum Gasteiger partial charge on any atom is 0.0671 e. The summed E-state index contributed by atoms with van der Waals surface area (Å²) in [7, 11) is 0. The average Bonchev–Trinajstić information content (AvgIpc) is 1.78. The highest BCUT2D eigenvalue weighted by Crippen LogP contribution is 2.24. The van der Waals surface area contributed by atoms with Crippen molar-refractivity contribution in [1.82, 2.24) is 5.32 Å². The van der Waals surface area contributed by atoms with E-state index in [1.807, 2.05) is 19.1 Å². The number of hydrogen-bond acceptors (Lipinski definition) is 1. The van der Waals surface area contributed by atoms with Crippen LogP contribution in [0.15, 0.2) is 22.9 Å². The molecule has 0 fully saturated rings. The van der Waals surface area contributed by atoms with Gasteiger partial charge in [-0.15, -0.1) is 0 Å². The van der Waals surface area contributed by atoms with Crippen LogP contribution in [0.3, 0.4) is 0 Å². The van der Waals surface area contributed by atoms with Gasteiger partial charge >= 0.3 is 0 Å². The molecule has 1 nitrogen and oxygen atoms in total. The second kappa shape index (κ2) is 2.31. The van der Waals surface area contributed by atoms with Crippen molar-refractivity contribution in [2.45, 2.75) is 26.3 Å². The molecule has 0 radical (unpaired) electrons. The third-order valence-electron chi connectivity index (χ3n) is 1.59. The summed E-state index contributed by atoms with van der Waals surface area (Å²) in [5.41, 5.74) is 1.08. The molecule has 1 heterocycles. The van der Waals surface area contributed by atoms with E-state index in [2.05, 4.69) is 19.2 Å². The van der Waals surface area contributed by atoms with Crippen LogP contribution in [0.5, 0.6) is 0 Å². The molecule has 0 saturated heterocycles. The summed E-state index contributed by atoms with van der Waals surface area (Å²) in [5.74, 6) is 0. The van der Waals surface area contributed by atoms with Crippen LogP contribution in [-0.4, -0.2) is 5.54 Å². The van der Waals surface area contributed by atoms with Gasteiger partial charge in [0.1, 0.15) is 0 Å². The van der Waals surface area contributed by atoms with Gasteiger partial charge in [0, 0.05) is 10.7 Å². The minimum absolute atomic E-state index is 0.0829. The monoisotopic (exact) mass is 157 g/mol. The highest BCUT2D eigenvalue weighted by Gasteiger charge is 2.22. The van der Waals surface area contributed by atoms with Crippen molar-refractivity contribution in [2.75, 3.05) is 0 Å². The van der Waals surface area contributed by atoms with Crippen molar-refractivity contribution in [3.05, 3.63) is 22.9 Å². The van der Waals surface area contributed by atoms with Crippen molar-refractivity contribution >= 4 is 11.6 Å². The van der Waals surface area contributed by atoms with Crippen molar-refractivity contribution in [1.29, 1.82) is 0 Å². The Labute approximate surface area is 66.8 Å². The van der Waals surface area contributed by atoms with Gasteiger partial charge in [0.15, 0.2) is 0 Å². The van der Waals surface area contributed by atoms with Crippen LogP contribution < -0.4 is 5.32 Å². The summed E-state index contributed by atoms with van der Waals surface area (Å²) in [5, 5.41) is 4.13. The zero-order valence-corrected chi connectivity index (χ0v) is 7.29. The molecule has 0 aromatic rings. The molecule has 0 bridgehead atoms. The zero-order valence-electron chi connectivity index (χ0n) is 6.53. The Hall–Kier alpha value is -0.430. The third-order valence-corrected chi connectivity index (χ3v) is 2.18. The van der Waals surface area contributed by atoms with E-state index in [4.69, 9.17) is 11.6 Å². The van der Waals surface area contributed by atoms with Gasteiger partial charge in [-0.3, -0.25) is 0 Å². The van der Waals surface area contributed by atoms with Gasteiger partial charge in [-0.2, -0.15) is 0 Å². The first-order valence-electron chi connectivity index (χ1n) is 3.35. The molecule has 0 unspecified atom stereocenters. The number of hydrogen-bond donors (Lipinski definition) is 1. The molecule has 1 aliphatic heterocycles. The molecule has 1 aliphatic rings. The summed E-state index contributed by atoms with van der Waals surface area (Å²) < 4.78 is 0. The molecule has 1 N–H and O–H groups in total. The Morgan fingerprint density at radius 1 is 1.40 bits per heavy atom. The average molecular weight is 158 g/mol. The normalized spacial score (nSPS) is 22.8. The molecule has 0 atom stereocenters. The molecule has 0 aromatic carbocycles. The van der Waals surface area contributed by atoms with Gasteiger partial charge in [0.2, 0.25) is 0 Å². The van der Waals surface area contributed by atoms with Crippen LogP contribution >= 0.6 is 11.6 Å². The zero-order chi connectivity index (χ0) is 7.78. The molecule has 2 heteroatoms. The number of nitrogens with one attached hydrogen (secondary N) is 1. The van der Waals surface area contributed by atoms with Crippen LogP contribution in [0, 0.1) is 0 Å². The highest BCUT2D eigenvalue weighted by atomic mass is 35.5. The van der Waals surface area contributed by atoms with E-state index < -0.39 is 0 Å². The summed E-state index contributed by atoms with van der Waals surface area (Å²) in [6, 6.07) is 0. The molecule has 0 spiro atoms. The van der Waals surface area contributed by atoms with Crippen LogP contribution in [0.1, 0.15) is 20.8 Å². The summed E-state index contributed by atoms with van der Waals surface area (Å²) in [6.45, 7) is 6.15. The van der Waals surface area contributed by atoms with Gasteiger partial charge in [0.25, 0.3) is 0 Å². The standard InChI is InChI=1S/C8H12ClN/c1-6-4-5-7(9)8(2,3)10-6/h4-5,10H,1-3H3. The first-order chi connectivity index (χ1) is 4.52. The fourth-order valence-electron chi connectivity index (χ4n) is 1.00. The first kappa shape index (κ1) is 7.67. The summed E-state index contributed by atoms with van der Waals surface area (Å²) in [6.07, 6.45) is 3.92. The van der Waals surface area contributed by atoms with Crippen LogP contribution in [0.25, 0.3) is 0 Å². The van der Waals surface area contributed by atoms with E-state index in [9.17, 15) is 0 Å². The topological polar surface area (TPSA) is 12.0 Å². The first-order valence-corrected chi connectivity index (χ1v) is 3.73. The van der Waals surface area contributed by atoms with Crippen molar-refractivity contribution in [2.24, 2.45) is 0 Å². The minimum atomic E-state index is -0.0829. The molecule has 0 aromatic heterocycles. The smallest absolute Gasteiger partial charge is 0.0671 e. The van der Waals surface area contributed by atoms with Gasteiger partial charge in [-0.25, -0.2) is 0 Å². The highest BCUT2D eigenvalue weighted by molar-refractivity contribution is 6.31. The van der Waals surface area contributed by atoms with Gasteiger partial charge < -0.3 is 5.32 Å². The number of halogens is 1. The Balaban J connectivity index is 2.89. The predicted octanol–water partition coefficient (Wildman–Crippen LogP) is 2.39. The molecule has 1 rings (SSSR count). The molecule has 0 aliphatic carbocycles. The maximum atomic E-state index is 5.93. The lowest BCUT2D eigenvalue weighted by molar-refractivity contribution is 0.514. The maximum absolute atomic E-state index is 5.93. The lowest BCUT2D eigenvalue weighted by Gasteiger charge is -2.30. The van der Waals surface area contributed by atoms with Crippen LogP contribution in [0.4, 0.5) is 0 Å². The quantitative estimate of drug-likeness (QED) is 0.570. The second-order valence-electron chi connectivity index (χ2n) is 3.11. The Morgan fingerprint density at radius 2 is 2.00 bits per heavy atom. The fraction of sp³-hybridized carbons (Fsp3) is 0.500. The minimum Gasteiger partial charge on any atom is -0.379 e. The summed E-state index contributed by atoms with van der Waals surface area (Å²) >= 11 is 5.93. The van der Waals surface area contributed by atoms with Gasteiger partial charge in [-0.05, 0) is 32.9 Å². The molecular formula is C8H12ClN. The number of rotatable bonds is 0. The van der Waals surface area contributed by atoms with E-state index >= 15 is 0 Å². The van der Waals surface area contributed by atoms with E-state index in [0.29, 0.717) is 0 Å². The molecule has 10 heavy (non-hydrogen) atoms. The molecular weight excluding hydrogens is 146 g/mol. The SMILES string of the molecule is CC1=CC=C(Cl)C(C)(C)N1. The summed E-state index contributed by atoms with van der Waals surface area (Å²) in [4.78, 5) is 0. The number of dihydropyridines is 1. The Morgan fingerprint density at radius 3 is 2.40 bits per heavy atom. The Kier molecular flexibility index (Phi) is 1.78. The number of allylic oxidation sites excluding steroid dienone is 3. The van der Waals surface area contributed by atoms with E-state index in [1.54, 1.807) is 0 Å². The van der Waals surface area contributed by atoms with E-state index in [-0.39, 0.29) is 5.54 Å². The van der Waals surface area contributed by atoms with Crippen molar-refractivity contribution in [3.8, 4) is 0 Å². The van der Waals surface area contributed by atoms with E-state index in [0.717, 1.165) is 10.7 Å². The Bertz CT molecular complexity index is 201. The third kappa shape index (κ3) is 1.35. The van der Waals surface area contributed by atoms with Crippen molar-refractivity contribution < 1.29 is 0 Å². The lowest BCUT2D eigenvalue weighted by Crippen LogP contribution is -2.39. The molecule has 0 saturated carbocycles. The lowest BCUT2D eigenvalue weighted by atomic mass is 10.0. The van der Waals surface area contributed by atoms with Crippen LogP contribution in [0.2, 0.25) is 0 Å². The van der Waals surface area contributed by atoms with Crippen LogP contribution in [-0.2, 0) is 0 Å². The molecule has 56 valence electrons. The predicted molar refractivity (Wildman–Crippen MR) is 44.9 cm³/mol. The van der Waals surface area contributed by atoms with E-state index in [1.165, 1.54) is 0 Å². The second-order valence-corrected chi connectivity index (χ2v) is 3.52. The van der Waals surface area contributed by atoms with Gasteiger partial charge in [-0.1, -0.05) is 11.6 Å². The fourth-order valence-corrected chi connectivity index (χ4v) is 1.11. The molecule has 0 amide bonds. The largest absolute Gasteiger partial charge is 0.379 e. The van der Waals surface area contributed by atoms with Gasteiger partial charge in [0.05, 0.1) is 5.54 Å².